The van der Waals surface area contributed by atoms with E-state index in [1.807, 2.05) is 18.2 Å². The summed E-state index contributed by atoms with van der Waals surface area (Å²) in [5.74, 6) is -0.0180. The zero-order valence-electron chi connectivity index (χ0n) is 6.08. The lowest BCUT2D eigenvalue weighted by Crippen LogP contribution is -1.95. The number of carbonyl (C=O) groups excluding carboxylic acids is 1. The number of allylic oxidation sites excluding steroid dienone is 1. The normalized spacial score (nSPS) is 9.18. The maximum Gasteiger partial charge on any atom is 0.192 e. The Hall–Kier alpha value is -0.940. The van der Waals surface area contributed by atoms with Crippen LogP contribution in [0.1, 0.15) is 10.4 Å². The number of hydrogen-bond donors (Lipinski definition) is 0. The van der Waals surface area contributed by atoms with E-state index in [2.05, 4.69) is 15.8 Å². The highest BCUT2D eigenvalue weighted by atomic mass is 31.0. The quantitative estimate of drug-likeness (QED) is 0.372. The van der Waals surface area contributed by atoms with Gasteiger partial charge in [0.05, 0.1) is 0 Å². The largest absolute Gasteiger partial charge is 0.289 e. The molecular weight excluding hydrogens is 155 g/mol. The maximum atomic E-state index is 11.2. The Morgan fingerprint density at radius 3 is 2.27 bits per heavy atom. The molecule has 0 saturated carbocycles. The number of hydrogen-bond acceptors (Lipinski definition) is 1. The summed E-state index contributed by atoms with van der Waals surface area (Å²) in [4.78, 5) is 11.2. The minimum atomic E-state index is -0.0180. The second-order valence-corrected chi connectivity index (χ2v) is 2.92. The summed E-state index contributed by atoms with van der Waals surface area (Å²) in [6.07, 6.45) is 0. The van der Waals surface area contributed by atoms with Crippen LogP contribution in [-0.2, 0) is 0 Å². The van der Waals surface area contributed by atoms with Gasteiger partial charge in [-0.15, -0.1) is 9.24 Å². The van der Waals surface area contributed by atoms with Gasteiger partial charge in [-0.05, 0) is 0 Å². The predicted molar refractivity (Wildman–Crippen MR) is 49.6 cm³/mol. The minimum Gasteiger partial charge on any atom is -0.289 e. The van der Waals surface area contributed by atoms with Crippen molar-refractivity contribution in [2.75, 3.05) is 0 Å². The number of Topliss-reactive ketones (excluding diaryl/α,β-unsaturated/α-hetero) is 1. The van der Waals surface area contributed by atoms with Gasteiger partial charge in [0.1, 0.15) is 0 Å². The van der Waals surface area contributed by atoms with Crippen LogP contribution in [0.3, 0.4) is 0 Å². The average molecular weight is 164 g/mol. The molecule has 0 bridgehead atoms. The molecular formula is C9H9OP. The fraction of sp³-hybridized carbons (Fsp3) is 0. The Bertz CT molecular complexity index is 277. The van der Waals surface area contributed by atoms with Gasteiger partial charge in [0, 0.05) is 10.9 Å². The van der Waals surface area contributed by atoms with Crippen LogP contribution in [0.4, 0.5) is 0 Å². The molecule has 0 fully saturated rings. The van der Waals surface area contributed by atoms with E-state index in [1.165, 1.54) is 0 Å². The number of carbonyl (C=O) groups is 1. The third-order valence-electron chi connectivity index (χ3n) is 1.33. The van der Waals surface area contributed by atoms with Crippen LogP contribution < -0.4 is 0 Å². The molecule has 0 radical (unpaired) electrons. The SMILES string of the molecule is C=C(P)C(=O)c1ccccc1. The Balaban J connectivity index is 2.95. The highest BCUT2D eigenvalue weighted by Crippen LogP contribution is 2.10. The molecule has 0 saturated heterocycles. The molecule has 1 aromatic carbocycles. The smallest absolute Gasteiger partial charge is 0.192 e. The number of ketones is 1. The first-order chi connectivity index (χ1) is 5.22. The van der Waals surface area contributed by atoms with Gasteiger partial charge in [-0.1, -0.05) is 36.9 Å². The molecule has 1 rings (SSSR count). The lowest BCUT2D eigenvalue weighted by molar-refractivity contribution is 0.104. The fourth-order valence-electron chi connectivity index (χ4n) is 0.775. The number of rotatable bonds is 2. The first-order valence-corrected chi connectivity index (χ1v) is 3.83. The van der Waals surface area contributed by atoms with Gasteiger partial charge in [-0.3, -0.25) is 4.79 Å². The summed E-state index contributed by atoms with van der Waals surface area (Å²) in [6.45, 7) is 3.54. The van der Waals surface area contributed by atoms with Gasteiger partial charge < -0.3 is 0 Å². The summed E-state index contributed by atoms with van der Waals surface area (Å²) in [7, 11) is 2.30. The van der Waals surface area contributed by atoms with Crippen molar-refractivity contribution in [1.29, 1.82) is 0 Å². The zero-order chi connectivity index (χ0) is 8.27. The maximum absolute atomic E-state index is 11.2. The summed E-state index contributed by atoms with van der Waals surface area (Å²) >= 11 is 0. The van der Waals surface area contributed by atoms with Crippen molar-refractivity contribution in [3.63, 3.8) is 0 Å². The third kappa shape index (κ3) is 1.99. The van der Waals surface area contributed by atoms with E-state index >= 15 is 0 Å². The van der Waals surface area contributed by atoms with Crippen molar-refractivity contribution in [1.82, 2.24) is 0 Å². The van der Waals surface area contributed by atoms with Gasteiger partial charge in [-0.2, -0.15) is 0 Å². The van der Waals surface area contributed by atoms with Crippen LogP contribution in [-0.4, -0.2) is 5.78 Å². The molecule has 0 aliphatic heterocycles. The Morgan fingerprint density at radius 2 is 1.82 bits per heavy atom. The molecule has 1 nitrogen and oxygen atoms in total. The van der Waals surface area contributed by atoms with E-state index in [1.54, 1.807) is 12.1 Å². The van der Waals surface area contributed by atoms with Crippen LogP contribution >= 0.6 is 9.24 Å². The Morgan fingerprint density at radius 1 is 1.27 bits per heavy atom. The van der Waals surface area contributed by atoms with E-state index in [-0.39, 0.29) is 5.78 Å². The van der Waals surface area contributed by atoms with Gasteiger partial charge in [0.15, 0.2) is 5.78 Å². The van der Waals surface area contributed by atoms with Crippen LogP contribution in [0.5, 0.6) is 0 Å². The molecule has 56 valence electrons. The van der Waals surface area contributed by atoms with Crippen molar-refractivity contribution in [2.45, 2.75) is 0 Å². The standard InChI is InChI=1S/C9H9OP/c1-7(11)9(10)8-5-3-2-4-6-8/h2-6H,1,11H2. The monoisotopic (exact) mass is 164 g/mol. The molecule has 0 N–H and O–H groups in total. The zero-order valence-corrected chi connectivity index (χ0v) is 7.23. The molecule has 1 unspecified atom stereocenters. The van der Waals surface area contributed by atoms with E-state index in [0.29, 0.717) is 10.9 Å². The molecule has 0 aliphatic rings. The van der Waals surface area contributed by atoms with E-state index in [0.717, 1.165) is 0 Å². The van der Waals surface area contributed by atoms with E-state index < -0.39 is 0 Å². The second kappa shape index (κ2) is 3.45. The van der Waals surface area contributed by atoms with E-state index in [4.69, 9.17) is 0 Å². The van der Waals surface area contributed by atoms with Crippen LogP contribution in [0.25, 0.3) is 0 Å². The van der Waals surface area contributed by atoms with Crippen LogP contribution in [0, 0.1) is 0 Å². The number of benzene rings is 1. The summed E-state index contributed by atoms with van der Waals surface area (Å²) < 4.78 is 0. The van der Waals surface area contributed by atoms with Crippen molar-refractivity contribution >= 4 is 15.0 Å². The molecule has 0 spiro atoms. The lowest BCUT2D eigenvalue weighted by atomic mass is 10.1. The third-order valence-corrected chi connectivity index (χ3v) is 1.59. The molecule has 2 heteroatoms. The minimum absolute atomic E-state index is 0.0180. The molecule has 11 heavy (non-hydrogen) atoms. The molecule has 0 heterocycles. The highest BCUT2D eigenvalue weighted by molar-refractivity contribution is 7.25. The van der Waals surface area contributed by atoms with Crippen molar-refractivity contribution in [3.05, 3.63) is 47.8 Å². The average Bonchev–Trinajstić information content (AvgIpc) is 2.05. The molecule has 0 aliphatic carbocycles. The molecule has 1 aromatic rings. The van der Waals surface area contributed by atoms with Gasteiger partial charge in [0.2, 0.25) is 0 Å². The Kier molecular flexibility index (Phi) is 2.56. The topological polar surface area (TPSA) is 17.1 Å². The predicted octanol–water partition coefficient (Wildman–Crippen LogP) is 2.26. The molecule has 1 atom stereocenters. The first-order valence-electron chi connectivity index (χ1n) is 3.26. The van der Waals surface area contributed by atoms with Crippen molar-refractivity contribution < 1.29 is 4.79 Å². The highest BCUT2D eigenvalue weighted by Gasteiger charge is 2.03. The summed E-state index contributed by atoms with van der Waals surface area (Å²) in [5, 5.41) is 0.496. The van der Waals surface area contributed by atoms with Gasteiger partial charge in [-0.25, -0.2) is 0 Å². The van der Waals surface area contributed by atoms with E-state index in [9.17, 15) is 4.79 Å². The van der Waals surface area contributed by atoms with Gasteiger partial charge in [0.25, 0.3) is 0 Å². The summed E-state index contributed by atoms with van der Waals surface area (Å²) in [6, 6.07) is 9.10. The van der Waals surface area contributed by atoms with Crippen molar-refractivity contribution in [2.24, 2.45) is 0 Å². The lowest BCUT2D eigenvalue weighted by Gasteiger charge is -1.96. The summed E-state index contributed by atoms with van der Waals surface area (Å²) in [5.41, 5.74) is 0.688. The fourth-order valence-corrected chi connectivity index (χ4v) is 0.942. The molecule has 0 amide bonds. The van der Waals surface area contributed by atoms with Gasteiger partial charge >= 0.3 is 0 Å². The Labute approximate surface area is 68.3 Å². The second-order valence-electron chi connectivity index (χ2n) is 2.22. The first kappa shape index (κ1) is 8.16. The molecule has 0 aromatic heterocycles. The van der Waals surface area contributed by atoms with Crippen LogP contribution in [0.2, 0.25) is 0 Å². The van der Waals surface area contributed by atoms with Crippen LogP contribution in [0.15, 0.2) is 42.2 Å². The van der Waals surface area contributed by atoms with Crippen molar-refractivity contribution in [3.8, 4) is 0 Å².